The van der Waals surface area contributed by atoms with Gasteiger partial charge in [-0.1, -0.05) is 12.1 Å². The molecule has 2 heterocycles. The zero-order chi connectivity index (χ0) is 12.5. The molecule has 1 aromatic heterocycles. The predicted molar refractivity (Wildman–Crippen MR) is 79.4 cm³/mol. The highest BCUT2D eigenvalue weighted by Crippen LogP contribution is 2.29. The van der Waals surface area contributed by atoms with Gasteiger partial charge in [0.15, 0.2) is 0 Å². The van der Waals surface area contributed by atoms with Crippen LogP contribution in [0.4, 0.5) is 0 Å². The van der Waals surface area contributed by atoms with E-state index in [4.69, 9.17) is 11.6 Å². The quantitative estimate of drug-likeness (QED) is 0.788. The summed E-state index contributed by atoms with van der Waals surface area (Å²) in [4.78, 5) is 4.68. The normalized spacial score (nSPS) is 21.6. The minimum Gasteiger partial charge on any atom is -0.326 e. The Bertz CT molecular complexity index is 544. The van der Waals surface area contributed by atoms with Crippen LogP contribution in [-0.2, 0) is 6.54 Å². The number of fused-ring (bicyclic) bond motifs is 1. The first-order valence-corrected chi connectivity index (χ1v) is 8.02. The van der Waals surface area contributed by atoms with E-state index in [2.05, 4.69) is 39.5 Å². The van der Waals surface area contributed by atoms with E-state index in [9.17, 15) is 0 Å². The monoisotopic (exact) mass is 280 g/mol. The Morgan fingerprint density at radius 2 is 2.33 bits per heavy atom. The molecule has 2 unspecified atom stereocenters. The molecule has 1 fully saturated rings. The number of rotatable bonds is 3. The number of imidazole rings is 1. The third-order valence-corrected chi connectivity index (χ3v) is 4.93. The van der Waals surface area contributed by atoms with Gasteiger partial charge in [-0.15, -0.1) is 11.6 Å². The molecule has 0 amide bonds. The molecule has 0 N–H and O–H groups in total. The lowest BCUT2D eigenvalue weighted by Crippen LogP contribution is -2.13. The van der Waals surface area contributed by atoms with Crippen LogP contribution in [0.25, 0.3) is 11.0 Å². The number of hydrogen-bond donors (Lipinski definition) is 0. The molecule has 3 rings (SSSR count). The van der Waals surface area contributed by atoms with E-state index in [-0.39, 0.29) is 5.38 Å². The molecule has 0 saturated carbocycles. The van der Waals surface area contributed by atoms with Gasteiger partial charge in [0.2, 0.25) is 0 Å². The molecule has 1 aliphatic rings. The minimum atomic E-state index is -0.0357. The molecule has 2 nitrogen and oxygen atoms in total. The van der Waals surface area contributed by atoms with Gasteiger partial charge >= 0.3 is 0 Å². The van der Waals surface area contributed by atoms with Crippen LogP contribution in [0.1, 0.15) is 24.5 Å². The van der Waals surface area contributed by atoms with Crippen LogP contribution in [0.2, 0.25) is 0 Å². The Kier molecular flexibility index (Phi) is 3.53. The number of benzene rings is 1. The van der Waals surface area contributed by atoms with E-state index < -0.39 is 0 Å². The fourth-order valence-electron chi connectivity index (χ4n) is 2.58. The van der Waals surface area contributed by atoms with Crippen molar-refractivity contribution in [2.45, 2.75) is 25.3 Å². The highest BCUT2D eigenvalue weighted by Gasteiger charge is 2.20. The second kappa shape index (κ2) is 5.14. The lowest BCUT2D eigenvalue weighted by molar-refractivity contribution is 0.488. The van der Waals surface area contributed by atoms with Crippen molar-refractivity contribution >= 4 is 34.4 Å². The Morgan fingerprint density at radius 1 is 1.50 bits per heavy atom. The molecule has 4 heteroatoms. The van der Waals surface area contributed by atoms with Crippen molar-refractivity contribution in [2.24, 2.45) is 5.92 Å². The maximum Gasteiger partial charge on any atom is 0.127 e. The fourth-order valence-corrected chi connectivity index (χ4v) is 4.01. The molecule has 0 radical (unpaired) electrons. The first kappa shape index (κ1) is 12.4. The highest BCUT2D eigenvalue weighted by molar-refractivity contribution is 7.99. The molecule has 1 saturated heterocycles. The van der Waals surface area contributed by atoms with Gasteiger partial charge in [-0.2, -0.15) is 11.8 Å². The van der Waals surface area contributed by atoms with Crippen molar-refractivity contribution in [1.82, 2.24) is 9.55 Å². The van der Waals surface area contributed by atoms with Crippen molar-refractivity contribution in [3.8, 4) is 0 Å². The highest BCUT2D eigenvalue weighted by atomic mass is 35.5. The maximum absolute atomic E-state index is 6.28. The first-order chi connectivity index (χ1) is 8.75. The van der Waals surface area contributed by atoms with Gasteiger partial charge in [0, 0.05) is 6.54 Å². The fraction of sp³-hybridized carbons (Fsp3) is 0.500. The van der Waals surface area contributed by atoms with Gasteiger partial charge in [0.05, 0.1) is 16.4 Å². The summed E-state index contributed by atoms with van der Waals surface area (Å²) in [6.45, 7) is 3.06. The van der Waals surface area contributed by atoms with Crippen LogP contribution in [0.5, 0.6) is 0 Å². The van der Waals surface area contributed by atoms with Gasteiger partial charge in [0.1, 0.15) is 5.82 Å². The summed E-state index contributed by atoms with van der Waals surface area (Å²) < 4.78 is 2.32. The van der Waals surface area contributed by atoms with Crippen LogP contribution in [-0.4, -0.2) is 21.1 Å². The molecule has 1 aliphatic heterocycles. The summed E-state index contributed by atoms with van der Waals surface area (Å²) in [6.07, 6.45) is 1.31. The molecular weight excluding hydrogens is 264 g/mol. The number of para-hydroxylation sites is 2. The van der Waals surface area contributed by atoms with Gasteiger partial charge in [-0.05, 0) is 42.9 Å². The van der Waals surface area contributed by atoms with Crippen LogP contribution in [0, 0.1) is 5.92 Å². The molecule has 96 valence electrons. The third kappa shape index (κ3) is 2.26. The van der Waals surface area contributed by atoms with Crippen LogP contribution >= 0.6 is 23.4 Å². The van der Waals surface area contributed by atoms with E-state index in [1.807, 2.05) is 13.0 Å². The van der Waals surface area contributed by atoms with Crippen molar-refractivity contribution in [3.63, 3.8) is 0 Å². The largest absolute Gasteiger partial charge is 0.326 e. The van der Waals surface area contributed by atoms with Crippen molar-refractivity contribution in [3.05, 3.63) is 30.1 Å². The summed E-state index contributed by atoms with van der Waals surface area (Å²) in [5.41, 5.74) is 2.28. The van der Waals surface area contributed by atoms with E-state index in [0.717, 1.165) is 23.8 Å². The van der Waals surface area contributed by atoms with Gasteiger partial charge < -0.3 is 4.57 Å². The summed E-state index contributed by atoms with van der Waals surface area (Å²) >= 11 is 8.33. The van der Waals surface area contributed by atoms with E-state index in [0.29, 0.717) is 0 Å². The SMILES string of the molecule is CC(Cl)c1nc2ccccc2n1CC1CCSC1. The van der Waals surface area contributed by atoms with E-state index in [1.165, 1.54) is 23.4 Å². The predicted octanol–water partition coefficient (Wildman–Crippen LogP) is 4.09. The number of halogens is 1. The van der Waals surface area contributed by atoms with Crippen molar-refractivity contribution in [1.29, 1.82) is 0 Å². The van der Waals surface area contributed by atoms with E-state index in [1.54, 1.807) is 0 Å². The zero-order valence-electron chi connectivity index (χ0n) is 10.5. The number of thioether (sulfide) groups is 1. The molecule has 2 aromatic rings. The minimum absolute atomic E-state index is 0.0357. The number of hydrogen-bond acceptors (Lipinski definition) is 2. The van der Waals surface area contributed by atoms with Crippen molar-refractivity contribution < 1.29 is 0 Å². The van der Waals surface area contributed by atoms with Gasteiger partial charge in [-0.3, -0.25) is 0 Å². The Morgan fingerprint density at radius 3 is 3.06 bits per heavy atom. The standard InChI is InChI=1S/C14H17ClN2S/c1-10(15)14-16-12-4-2-3-5-13(12)17(14)8-11-6-7-18-9-11/h2-5,10-11H,6-9H2,1H3. The van der Waals surface area contributed by atoms with Crippen molar-refractivity contribution in [2.75, 3.05) is 11.5 Å². The summed E-state index contributed by atoms with van der Waals surface area (Å²) in [5.74, 6) is 4.34. The average Bonchev–Trinajstić information content (AvgIpc) is 2.98. The second-order valence-electron chi connectivity index (χ2n) is 4.91. The maximum atomic E-state index is 6.28. The molecule has 2 atom stereocenters. The Labute approximate surface area is 117 Å². The molecule has 0 aliphatic carbocycles. The first-order valence-electron chi connectivity index (χ1n) is 6.42. The van der Waals surface area contributed by atoms with E-state index >= 15 is 0 Å². The molecule has 0 spiro atoms. The van der Waals surface area contributed by atoms with Crippen LogP contribution in [0.3, 0.4) is 0 Å². The summed E-state index contributed by atoms with van der Waals surface area (Å²) in [7, 11) is 0. The van der Waals surface area contributed by atoms with Gasteiger partial charge in [-0.25, -0.2) is 4.98 Å². The molecular formula is C14H17ClN2S. The molecule has 0 bridgehead atoms. The van der Waals surface area contributed by atoms with Crippen LogP contribution in [0.15, 0.2) is 24.3 Å². The number of aromatic nitrogens is 2. The van der Waals surface area contributed by atoms with Gasteiger partial charge in [0.25, 0.3) is 0 Å². The topological polar surface area (TPSA) is 17.8 Å². The number of nitrogens with zero attached hydrogens (tertiary/aromatic N) is 2. The molecule has 1 aromatic carbocycles. The smallest absolute Gasteiger partial charge is 0.127 e. The third-order valence-electron chi connectivity index (χ3n) is 3.50. The lowest BCUT2D eigenvalue weighted by atomic mass is 10.1. The number of alkyl halides is 1. The lowest BCUT2D eigenvalue weighted by Gasteiger charge is -2.14. The average molecular weight is 281 g/mol. The van der Waals surface area contributed by atoms with Crippen LogP contribution < -0.4 is 0 Å². The summed E-state index contributed by atoms with van der Waals surface area (Å²) in [5, 5.41) is -0.0357. The Hall–Kier alpha value is -0.670. The second-order valence-corrected chi connectivity index (χ2v) is 6.72. The zero-order valence-corrected chi connectivity index (χ0v) is 12.0. The molecule has 18 heavy (non-hydrogen) atoms. The Balaban J connectivity index is 2.03. The summed E-state index contributed by atoms with van der Waals surface area (Å²) in [6, 6.07) is 8.32.